The molecule has 0 atom stereocenters. The second-order valence-corrected chi connectivity index (χ2v) is 6.78. The lowest BCUT2D eigenvalue weighted by Gasteiger charge is -2.26. The lowest BCUT2D eigenvalue weighted by molar-refractivity contribution is -0.115. The van der Waals surface area contributed by atoms with Gasteiger partial charge in [0.25, 0.3) is 0 Å². The molecule has 1 aliphatic rings. The molecule has 0 unspecified atom stereocenters. The predicted octanol–water partition coefficient (Wildman–Crippen LogP) is 4.56. The van der Waals surface area contributed by atoms with E-state index >= 15 is 0 Å². The van der Waals surface area contributed by atoms with Crippen molar-refractivity contribution < 1.29 is 14.3 Å². The third kappa shape index (κ3) is 5.97. The highest BCUT2D eigenvalue weighted by molar-refractivity contribution is 5.96. The summed E-state index contributed by atoms with van der Waals surface area (Å²) in [6.45, 7) is 5.33. The zero-order valence-corrected chi connectivity index (χ0v) is 15.9. The quantitative estimate of drug-likeness (QED) is 0.508. The van der Waals surface area contributed by atoms with Crippen molar-refractivity contribution in [2.45, 2.75) is 26.2 Å². The van der Waals surface area contributed by atoms with E-state index in [1.807, 2.05) is 54.6 Å². The minimum absolute atomic E-state index is 0.123. The summed E-state index contributed by atoms with van der Waals surface area (Å²) < 4.78 is 11.9. The number of benzene rings is 2. The molecule has 1 saturated heterocycles. The number of carbonyl (C=O) groups is 1. The van der Waals surface area contributed by atoms with E-state index in [4.69, 9.17) is 9.47 Å². The molecule has 4 heteroatoms. The molecular weight excluding hydrogens is 338 g/mol. The van der Waals surface area contributed by atoms with Crippen molar-refractivity contribution in [3.8, 4) is 11.5 Å². The van der Waals surface area contributed by atoms with Gasteiger partial charge in [-0.25, -0.2) is 0 Å². The van der Waals surface area contributed by atoms with Crippen molar-refractivity contribution in [2.75, 3.05) is 26.2 Å². The Kier molecular flexibility index (Phi) is 7.05. The van der Waals surface area contributed by atoms with Crippen molar-refractivity contribution in [2.24, 2.45) is 0 Å². The summed E-state index contributed by atoms with van der Waals surface area (Å²) in [4.78, 5) is 14.5. The van der Waals surface area contributed by atoms with E-state index in [1.165, 1.54) is 26.2 Å². The zero-order valence-electron chi connectivity index (χ0n) is 15.9. The first kappa shape index (κ1) is 19.2. The van der Waals surface area contributed by atoms with Gasteiger partial charge < -0.3 is 9.47 Å². The van der Waals surface area contributed by atoms with Gasteiger partial charge in [0.15, 0.2) is 23.0 Å². The summed E-state index contributed by atoms with van der Waals surface area (Å²) in [6, 6.07) is 17.2. The topological polar surface area (TPSA) is 38.8 Å². The standard InChI is InChI=1S/C23H27NO3/c1-19(25)23(18-20-10-4-2-5-11-20)27-22-13-7-6-12-21(22)26-17-16-24-14-8-3-9-15-24/h2,4-7,10-13,18H,3,8-9,14-17H2,1H3/b23-18+. The Labute approximate surface area is 161 Å². The molecule has 1 heterocycles. The highest BCUT2D eigenvalue weighted by Gasteiger charge is 2.13. The van der Waals surface area contributed by atoms with Gasteiger partial charge in [-0.2, -0.15) is 0 Å². The van der Waals surface area contributed by atoms with E-state index in [0.717, 1.165) is 25.2 Å². The SMILES string of the molecule is CC(=O)/C(=C\c1ccccc1)Oc1ccccc1OCCN1CCCCC1. The zero-order chi connectivity index (χ0) is 18.9. The molecule has 0 saturated carbocycles. The summed E-state index contributed by atoms with van der Waals surface area (Å²) in [5, 5.41) is 0. The number of para-hydroxylation sites is 2. The minimum atomic E-state index is -0.123. The van der Waals surface area contributed by atoms with Crippen molar-refractivity contribution >= 4 is 11.9 Å². The number of hydrogen-bond acceptors (Lipinski definition) is 4. The summed E-state index contributed by atoms with van der Waals surface area (Å²) in [5.74, 6) is 1.40. The van der Waals surface area contributed by atoms with Gasteiger partial charge in [-0.15, -0.1) is 0 Å². The first-order valence-electron chi connectivity index (χ1n) is 9.62. The molecule has 0 amide bonds. The number of ether oxygens (including phenoxy) is 2. The number of likely N-dealkylation sites (tertiary alicyclic amines) is 1. The molecule has 0 aliphatic carbocycles. The van der Waals surface area contributed by atoms with Crippen molar-refractivity contribution in [3.05, 3.63) is 65.9 Å². The van der Waals surface area contributed by atoms with Crippen LogP contribution < -0.4 is 9.47 Å². The van der Waals surface area contributed by atoms with Crippen LogP contribution in [0.1, 0.15) is 31.7 Å². The number of allylic oxidation sites excluding steroid dienone is 1. The maximum Gasteiger partial charge on any atom is 0.194 e. The van der Waals surface area contributed by atoms with Crippen molar-refractivity contribution in [3.63, 3.8) is 0 Å². The van der Waals surface area contributed by atoms with E-state index in [2.05, 4.69) is 4.90 Å². The average molecular weight is 365 g/mol. The highest BCUT2D eigenvalue weighted by atomic mass is 16.5. The normalized spacial score (nSPS) is 15.4. The smallest absolute Gasteiger partial charge is 0.194 e. The summed E-state index contributed by atoms with van der Waals surface area (Å²) >= 11 is 0. The van der Waals surface area contributed by atoms with Crippen LogP contribution in [0.3, 0.4) is 0 Å². The molecule has 3 rings (SSSR count). The van der Waals surface area contributed by atoms with Gasteiger partial charge in [-0.3, -0.25) is 9.69 Å². The van der Waals surface area contributed by atoms with Gasteiger partial charge in [0.2, 0.25) is 0 Å². The van der Waals surface area contributed by atoms with Crippen LogP contribution in [0.2, 0.25) is 0 Å². The predicted molar refractivity (Wildman–Crippen MR) is 108 cm³/mol. The van der Waals surface area contributed by atoms with Gasteiger partial charge in [0, 0.05) is 13.5 Å². The maximum absolute atomic E-state index is 12.0. The van der Waals surface area contributed by atoms with Crippen molar-refractivity contribution in [1.29, 1.82) is 0 Å². The molecule has 0 N–H and O–H groups in total. The highest BCUT2D eigenvalue weighted by Crippen LogP contribution is 2.29. The Balaban J connectivity index is 1.66. The summed E-state index contributed by atoms with van der Waals surface area (Å²) in [7, 11) is 0. The summed E-state index contributed by atoms with van der Waals surface area (Å²) in [5.41, 5.74) is 0.922. The number of carbonyl (C=O) groups excluding carboxylic acids is 1. The molecule has 1 aliphatic heterocycles. The number of rotatable bonds is 8. The second-order valence-electron chi connectivity index (χ2n) is 6.78. The Morgan fingerprint density at radius 3 is 2.33 bits per heavy atom. The number of Topliss-reactive ketones (excluding diaryl/α,β-unsaturated/α-hetero) is 1. The summed E-state index contributed by atoms with van der Waals surface area (Å²) in [6.07, 6.45) is 5.63. The van der Waals surface area contributed by atoms with Gasteiger partial charge in [-0.1, -0.05) is 48.9 Å². The fraction of sp³-hybridized carbons (Fsp3) is 0.348. The fourth-order valence-electron chi connectivity index (χ4n) is 3.14. The molecule has 142 valence electrons. The number of piperidine rings is 1. The van der Waals surface area contributed by atoms with Crippen LogP contribution in [-0.4, -0.2) is 36.9 Å². The number of ketones is 1. The van der Waals surface area contributed by atoms with Crippen LogP contribution in [0.25, 0.3) is 6.08 Å². The molecule has 0 radical (unpaired) electrons. The molecule has 2 aromatic rings. The Hall–Kier alpha value is -2.59. The number of hydrogen-bond donors (Lipinski definition) is 0. The third-order valence-corrected chi connectivity index (χ3v) is 4.63. The van der Waals surface area contributed by atoms with Crippen LogP contribution in [0.15, 0.2) is 60.4 Å². The fourth-order valence-corrected chi connectivity index (χ4v) is 3.14. The van der Waals surface area contributed by atoms with Gasteiger partial charge in [-0.05, 0) is 49.7 Å². The first-order valence-corrected chi connectivity index (χ1v) is 9.62. The second kappa shape index (κ2) is 9.93. The Morgan fingerprint density at radius 2 is 1.63 bits per heavy atom. The largest absolute Gasteiger partial charge is 0.488 e. The molecule has 0 spiro atoms. The molecule has 0 bridgehead atoms. The van der Waals surface area contributed by atoms with E-state index in [-0.39, 0.29) is 5.78 Å². The molecule has 27 heavy (non-hydrogen) atoms. The molecular formula is C23H27NO3. The molecule has 0 aromatic heterocycles. The average Bonchev–Trinajstić information content (AvgIpc) is 2.70. The van der Waals surface area contributed by atoms with Crippen molar-refractivity contribution in [1.82, 2.24) is 4.90 Å². The first-order chi connectivity index (χ1) is 13.2. The third-order valence-electron chi connectivity index (χ3n) is 4.63. The van der Waals surface area contributed by atoms with E-state index in [0.29, 0.717) is 23.9 Å². The molecule has 2 aromatic carbocycles. The van der Waals surface area contributed by atoms with Crippen LogP contribution in [-0.2, 0) is 4.79 Å². The van der Waals surface area contributed by atoms with Crippen LogP contribution in [0.5, 0.6) is 11.5 Å². The Morgan fingerprint density at radius 1 is 0.963 bits per heavy atom. The lowest BCUT2D eigenvalue weighted by atomic mass is 10.1. The van der Waals surface area contributed by atoms with Gasteiger partial charge >= 0.3 is 0 Å². The molecule has 4 nitrogen and oxygen atoms in total. The van der Waals surface area contributed by atoms with Crippen LogP contribution in [0, 0.1) is 0 Å². The van der Waals surface area contributed by atoms with Crippen LogP contribution in [0.4, 0.5) is 0 Å². The number of nitrogens with zero attached hydrogens (tertiary/aromatic N) is 1. The minimum Gasteiger partial charge on any atom is -0.488 e. The van der Waals surface area contributed by atoms with Crippen LogP contribution >= 0.6 is 0 Å². The maximum atomic E-state index is 12.0. The van der Waals surface area contributed by atoms with E-state index in [9.17, 15) is 4.79 Å². The molecule has 1 fully saturated rings. The monoisotopic (exact) mass is 365 g/mol. The van der Waals surface area contributed by atoms with E-state index < -0.39 is 0 Å². The van der Waals surface area contributed by atoms with E-state index in [1.54, 1.807) is 6.08 Å². The Bertz CT molecular complexity index is 764. The van der Waals surface area contributed by atoms with Gasteiger partial charge in [0.05, 0.1) is 0 Å². The van der Waals surface area contributed by atoms with Gasteiger partial charge in [0.1, 0.15) is 6.61 Å². The lowest BCUT2D eigenvalue weighted by Crippen LogP contribution is -2.33.